The Kier molecular flexibility index (Phi) is 6.20. The molecule has 0 saturated carbocycles. The second-order valence-electron chi connectivity index (χ2n) is 3.98. The average molecular weight is 302 g/mol. The highest BCUT2D eigenvalue weighted by Crippen LogP contribution is 2.05. The Labute approximate surface area is 108 Å². The molecule has 0 atom stereocenters. The number of carbonyl (C=O) groups is 1. The zero-order valence-corrected chi connectivity index (χ0v) is 12.4. The quantitative estimate of drug-likeness (QED) is 0.517. The Balaban J connectivity index is 4.59. The predicted octanol–water partition coefficient (Wildman–Crippen LogP) is -1.69. The molecule has 0 aliphatic rings. The Morgan fingerprint density at radius 1 is 1.06 bits per heavy atom. The summed E-state index contributed by atoms with van der Waals surface area (Å²) in [4.78, 5) is 13.1. The fourth-order valence-corrected chi connectivity index (χ4v) is 3.62. The van der Waals surface area contributed by atoms with Gasteiger partial charge in [-0.05, 0) is 14.1 Å². The Morgan fingerprint density at radius 3 is 1.83 bits per heavy atom. The summed E-state index contributed by atoms with van der Waals surface area (Å²) >= 11 is 0. The molecule has 0 aliphatic carbocycles. The molecule has 108 valence electrons. The summed E-state index contributed by atoms with van der Waals surface area (Å²) in [6, 6.07) is 0. The third-order valence-electron chi connectivity index (χ3n) is 1.80. The Bertz CT molecular complexity index is 450. The standard InChI is InChI=1S/C8H18N2O6S2/c1-9(2)5-6-16-8(11)7-10(17(3,12)13)18(4,14)15/h5-7H2,1-4H3. The molecule has 10 heteroatoms. The third-order valence-corrected chi connectivity index (χ3v) is 5.16. The Morgan fingerprint density at radius 2 is 1.50 bits per heavy atom. The first kappa shape index (κ1) is 17.3. The highest BCUT2D eigenvalue weighted by Gasteiger charge is 2.29. The molecule has 8 nitrogen and oxygen atoms in total. The summed E-state index contributed by atoms with van der Waals surface area (Å²) in [5.74, 6) is -0.910. The second-order valence-corrected chi connectivity index (χ2v) is 8.03. The minimum Gasteiger partial charge on any atom is -0.463 e. The van der Waals surface area contributed by atoms with Crippen molar-refractivity contribution in [3.8, 4) is 0 Å². The number of hydrogen-bond donors (Lipinski definition) is 0. The third kappa shape index (κ3) is 6.89. The van der Waals surface area contributed by atoms with E-state index in [-0.39, 0.29) is 10.3 Å². The van der Waals surface area contributed by atoms with Crippen molar-refractivity contribution in [1.29, 1.82) is 0 Å². The molecule has 0 aliphatic heterocycles. The van der Waals surface area contributed by atoms with Crippen molar-refractivity contribution < 1.29 is 26.4 Å². The van der Waals surface area contributed by atoms with E-state index in [0.29, 0.717) is 19.1 Å². The fourth-order valence-electron chi connectivity index (χ4n) is 0.974. The molecule has 0 radical (unpaired) electrons. The van der Waals surface area contributed by atoms with Crippen molar-refractivity contribution >= 4 is 26.0 Å². The van der Waals surface area contributed by atoms with E-state index >= 15 is 0 Å². The van der Waals surface area contributed by atoms with Crippen LogP contribution in [0.5, 0.6) is 0 Å². The first-order valence-corrected chi connectivity index (χ1v) is 8.62. The molecular formula is C8H18N2O6S2. The molecule has 0 heterocycles. The van der Waals surface area contributed by atoms with E-state index < -0.39 is 32.6 Å². The highest BCUT2D eigenvalue weighted by molar-refractivity contribution is 8.03. The van der Waals surface area contributed by atoms with E-state index in [0.717, 1.165) is 0 Å². The first-order chi connectivity index (χ1) is 7.94. The fraction of sp³-hybridized carbons (Fsp3) is 0.875. The van der Waals surface area contributed by atoms with Gasteiger partial charge in [0.15, 0.2) is 0 Å². The molecular weight excluding hydrogens is 284 g/mol. The molecule has 0 amide bonds. The van der Waals surface area contributed by atoms with Gasteiger partial charge in [0.05, 0.1) is 12.5 Å². The second kappa shape index (κ2) is 6.45. The van der Waals surface area contributed by atoms with E-state index in [9.17, 15) is 21.6 Å². The molecule has 0 N–H and O–H groups in total. The van der Waals surface area contributed by atoms with Gasteiger partial charge in [0.25, 0.3) is 0 Å². The lowest BCUT2D eigenvalue weighted by molar-refractivity contribution is -0.143. The van der Waals surface area contributed by atoms with E-state index in [1.54, 1.807) is 19.0 Å². The Hall–Kier alpha value is -0.710. The largest absolute Gasteiger partial charge is 0.463 e. The number of carbonyl (C=O) groups excluding carboxylic acids is 1. The van der Waals surface area contributed by atoms with Crippen LogP contribution in [0.25, 0.3) is 0 Å². The lowest BCUT2D eigenvalue weighted by Crippen LogP contribution is -2.40. The molecule has 0 aromatic carbocycles. The van der Waals surface area contributed by atoms with E-state index in [2.05, 4.69) is 0 Å². The number of ether oxygens (including phenoxy) is 1. The topological polar surface area (TPSA) is 101 Å². The molecule has 0 saturated heterocycles. The minimum absolute atomic E-state index is 0.0627. The van der Waals surface area contributed by atoms with Gasteiger partial charge in [-0.2, -0.15) is 0 Å². The monoisotopic (exact) mass is 302 g/mol. The van der Waals surface area contributed by atoms with Crippen molar-refractivity contribution in [1.82, 2.24) is 8.61 Å². The van der Waals surface area contributed by atoms with Gasteiger partial charge in [-0.15, -0.1) is 0 Å². The van der Waals surface area contributed by atoms with Gasteiger partial charge in [-0.25, -0.2) is 16.8 Å². The van der Waals surface area contributed by atoms with Crippen LogP contribution in [0.1, 0.15) is 0 Å². The maximum Gasteiger partial charge on any atom is 0.322 e. The van der Waals surface area contributed by atoms with Crippen LogP contribution in [0.4, 0.5) is 0 Å². The number of esters is 1. The maximum atomic E-state index is 11.3. The van der Waals surface area contributed by atoms with Gasteiger partial charge in [-0.1, -0.05) is 3.71 Å². The summed E-state index contributed by atoms with van der Waals surface area (Å²) in [6.45, 7) is -0.318. The van der Waals surface area contributed by atoms with Gasteiger partial charge >= 0.3 is 5.97 Å². The van der Waals surface area contributed by atoms with Gasteiger partial charge in [-0.3, -0.25) is 4.79 Å². The molecule has 0 aromatic heterocycles. The minimum atomic E-state index is -4.02. The normalized spacial score (nSPS) is 13.0. The summed E-state index contributed by atoms with van der Waals surface area (Å²) in [5.41, 5.74) is 0. The van der Waals surface area contributed by atoms with Crippen LogP contribution in [0.2, 0.25) is 0 Å². The maximum absolute atomic E-state index is 11.3. The number of hydrogen-bond acceptors (Lipinski definition) is 7. The molecule has 0 bridgehead atoms. The number of likely N-dealkylation sites (N-methyl/N-ethyl adjacent to an activating group) is 1. The molecule has 0 spiro atoms. The van der Waals surface area contributed by atoms with Crippen molar-refractivity contribution in [2.45, 2.75) is 0 Å². The summed E-state index contributed by atoms with van der Waals surface area (Å²) in [6.07, 6.45) is 1.42. The first-order valence-electron chi connectivity index (χ1n) is 4.93. The summed E-state index contributed by atoms with van der Waals surface area (Å²) < 4.78 is 49.7. The van der Waals surface area contributed by atoms with Crippen molar-refractivity contribution in [3.05, 3.63) is 0 Å². The summed E-state index contributed by atoms with van der Waals surface area (Å²) in [7, 11) is -4.51. The van der Waals surface area contributed by atoms with Crippen LogP contribution < -0.4 is 0 Å². The molecule has 18 heavy (non-hydrogen) atoms. The molecule has 0 unspecified atom stereocenters. The smallest absolute Gasteiger partial charge is 0.322 e. The highest BCUT2D eigenvalue weighted by atomic mass is 32.3. The average Bonchev–Trinajstić information content (AvgIpc) is 2.09. The van der Waals surface area contributed by atoms with Crippen LogP contribution >= 0.6 is 0 Å². The van der Waals surface area contributed by atoms with E-state index in [1.165, 1.54) is 0 Å². The predicted molar refractivity (Wildman–Crippen MR) is 65.9 cm³/mol. The van der Waals surface area contributed by atoms with Crippen LogP contribution in [-0.2, 0) is 29.6 Å². The van der Waals surface area contributed by atoms with Gasteiger partial charge < -0.3 is 9.64 Å². The zero-order valence-electron chi connectivity index (χ0n) is 10.8. The van der Waals surface area contributed by atoms with Crippen LogP contribution in [0.15, 0.2) is 0 Å². The summed E-state index contributed by atoms with van der Waals surface area (Å²) in [5, 5.41) is 0. The van der Waals surface area contributed by atoms with Crippen LogP contribution in [-0.4, -0.2) is 77.7 Å². The number of nitrogens with zero attached hydrogens (tertiary/aromatic N) is 2. The molecule has 0 fully saturated rings. The van der Waals surface area contributed by atoms with Gasteiger partial charge in [0, 0.05) is 6.54 Å². The lowest BCUT2D eigenvalue weighted by atomic mass is 10.6. The van der Waals surface area contributed by atoms with Crippen LogP contribution in [0, 0.1) is 0 Å². The SMILES string of the molecule is CN(C)CCOC(=O)CN(S(C)(=O)=O)S(C)(=O)=O. The van der Waals surface area contributed by atoms with Crippen LogP contribution in [0.3, 0.4) is 0 Å². The van der Waals surface area contributed by atoms with Crippen molar-refractivity contribution in [2.75, 3.05) is 46.3 Å². The zero-order chi connectivity index (χ0) is 14.6. The van der Waals surface area contributed by atoms with Gasteiger partial charge in [0.2, 0.25) is 20.0 Å². The van der Waals surface area contributed by atoms with E-state index in [4.69, 9.17) is 4.74 Å². The van der Waals surface area contributed by atoms with Crippen molar-refractivity contribution in [2.24, 2.45) is 0 Å². The van der Waals surface area contributed by atoms with Crippen molar-refractivity contribution in [3.63, 3.8) is 0 Å². The molecule has 0 rings (SSSR count). The number of rotatable bonds is 7. The van der Waals surface area contributed by atoms with E-state index in [1.807, 2.05) is 0 Å². The lowest BCUT2D eigenvalue weighted by Gasteiger charge is -2.17. The van der Waals surface area contributed by atoms with Gasteiger partial charge in [0.1, 0.15) is 13.2 Å². The molecule has 0 aromatic rings. The number of sulfonamides is 2.